The summed E-state index contributed by atoms with van der Waals surface area (Å²) in [6, 6.07) is 5.49. The lowest BCUT2D eigenvalue weighted by atomic mass is 10.3. The Kier molecular flexibility index (Phi) is 2.59. The van der Waals surface area contributed by atoms with Crippen LogP contribution in [0.15, 0.2) is 24.3 Å². The number of nitrogens with one attached hydrogen (secondary N) is 1. The van der Waals surface area contributed by atoms with Crippen LogP contribution in [0.5, 0.6) is 0 Å². The number of anilines is 1. The summed E-state index contributed by atoms with van der Waals surface area (Å²) in [5.74, 6) is -2.80. The number of carbonyl (C=O) groups is 2. The molecule has 0 saturated heterocycles. The molecule has 0 unspecified atom stereocenters. The number of benzene rings is 1. The predicted molar refractivity (Wildman–Crippen MR) is 44.2 cm³/mol. The fourth-order valence-electron chi connectivity index (χ4n) is 0.746. The largest absolute Gasteiger partial charge is 0.361 e. The molecule has 2 amide bonds. The maximum absolute atomic E-state index is 12.8. The third-order valence-electron chi connectivity index (χ3n) is 1.35. The molecule has 0 aliphatic heterocycles. The molecule has 0 atom stereocenters. The molecule has 0 heterocycles. The molecule has 3 N–H and O–H groups in total. The smallest absolute Gasteiger partial charge is 0.313 e. The SMILES string of the molecule is NC(=O)C(=O)Nc1ccccc1F. The van der Waals surface area contributed by atoms with E-state index in [1.54, 1.807) is 0 Å². The molecular formula is C8H7FN2O2. The maximum atomic E-state index is 12.8. The summed E-state index contributed by atoms with van der Waals surface area (Å²) in [6.45, 7) is 0. The quantitative estimate of drug-likeness (QED) is 0.611. The highest BCUT2D eigenvalue weighted by Gasteiger charge is 2.10. The molecule has 68 valence electrons. The lowest BCUT2D eigenvalue weighted by molar-refractivity contribution is -0.134. The number of amides is 2. The lowest BCUT2D eigenvalue weighted by Gasteiger charge is -2.02. The molecule has 5 heteroatoms. The molecule has 0 aliphatic rings. The van der Waals surface area contributed by atoms with Crippen LogP contribution in [-0.4, -0.2) is 11.8 Å². The second kappa shape index (κ2) is 3.66. The van der Waals surface area contributed by atoms with Crippen LogP contribution in [0.25, 0.3) is 0 Å². The Bertz CT molecular complexity index is 352. The first-order valence-electron chi connectivity index (χ1n) is 3.46. The van der Waals surface area contributed by atoms with Crippen molar-refractivity contribution in [2.75, 3.05) is 5.32 Å². The van der Waals surface area contributed by atoms with E-state index in [0.29, 0.717) is 0 Å². The van der Waals surface area contributed by atoms with Crippen molar-refractivity contribution < 1.29 is 14.0 Å². The van der Waals surface area contributed by atoms with Crippen molar-refractivity contribution in [3.05, 3.63) is 30.1 Å². The highest BCUT2D eigenvalue weighted by Crippen LogP contribution is 2.11. The van der Waals surface area contributed by atoms with Gasteiger partial charge in [-0.3, -0.25) is 9.59 Å². The Morgan fingerprint density at radius 1 is 1.31 bits per heavy atom. The van der Waals surface area contributed by atoms with Crippen LogP contribution in [0, 0.1) is 5.82 Å². The molecule has 0 spiro atoms. The second-order valence-electron chi connectivity index (χ2n) is 2.30. The summed E-state index contributed by atoms with van der Waals surface area (Å²) in [5.41, 5.74) is 4.60. The van der Waals surface area contributed by atoms with Crippen molar-refractivity contribution in [1.82, 2.24) is 0 Å². The van der Waals surface area contributed by atoms with E-state index in [4.69, 9.17) is 0 Å². The van der Waals surface area contributed by atoms with Crippen molar-refractivity contribution in [2.24, 2.45) is 5.73 Å². The molecule has 0 bridgehead atoms. The van der Waals surface area contributed by atoms with Gasteiger partial charge in [-0.15, -0.1) is 0 Å². The number of nitrogens with two attached hydrogens (primary N) is 1. The van der Waals surface area contributed by atoms with Crippen molar-refractivity contribution in [2.45, 2.75) is 0 Å². The van der Waals surface area contributed by atoms with E-state index in [1.165, 1.54) is 18.2 Å². The molecule has 0 aliphatic carbocycles. The predicted octanol–water partition coefficient (Wildman–Crippen LogP) is 0.249. The standard InChI is InChI=1S/C8H7FN2O2/c9-5-3-1-2-4-6(5)11-8(13)7(10)12/h1-4H,(H2,10,12)(H,11,13). The van der Waals surface area contributed by atoms with Crippen molar-refractivity contribution in [1.29, 1.82) is 0 Å². The second-order valence-corrected chi connectivity index (χ2v) is 2.30. The Balaban J connectivity index is 2.81. The Morgan fingerprint density at radius 2 is 1.92 bits per heavy atom. The van der Waals surface area contributed by atoms with E-state index in [-0.39, 0.29) is 5.69 Å². The molecule has 1 rings (SSSR count). The average molecular weight is 182 g/mol. The maximum Gasteiger partial charge on any atom is 0.313 e. The Morgan fingerprint density at radius 3 is 2.46 bits per heavy atom. The van der Waals surface area contributed by atoms with Gasteiger partial charge in [-0.25, -0.2) is 4.39 Å². The van der Waals surface area contributed by atoms with Gasteiger partial charge in [-0.1, -0.05) is 12.1 Å². The van der Waals surface area contributed by atoms with Gasteiger partial charge in [-0.2, -0.15) is 0 Å². The van der Waals surface area contributed by atoms with Gasteiger partial charge < -0.3 is 11.1 Å². The van der Waals surface area contributed by atoms with Gasteiger partial charge in [0.05, 0.1) is 5.69 Å². The van der Waals surface area contributed by atoms with Crippen LogP contribution >= 0.6 is 0 Å². The molecule has 0 radical (unpaired) electrons. The van der Waals surface area contributed by atoms with Crippen LogP contribution in [0.3, 0.4) is 0 Å². The summed E-state index contributed by atoms with van der Waals surface area (Å²) >= 11 is 0. The van der Waals surface area contributed by atoms with Crippen molar-refractivity contribution >= 4 is 17.5 Å². The summed E-state index contributed by atoms with van der Waals surface area (Å²) in [7, 11) is 0. The van der Waals surface area contributed by atoms with E-state index in [2.05, 4.69) is 5.73 Å². The van der Waals surface area contributed by atoms with Crippen molar-refractivity contribution in [3.63, 3.8) is 0 Å². The molecule has 4 nitrogen and oxygen atoms in total. The van der Waals surface area contributed by atoms with Gasteiger partial charge >= 0.3 is 11.8 Å². The van der Waals surface area contributed by atoms with Crippen LogP contribution in [0.4, 0.5) is 10.1 Å². The fourth-order valence-corrected chi connectivity index (χ4v) is 0.746. The summed E-state index contributed by atoms with van der Waals surface area (Å²) in [6.07, 6.45) is 0. The molecule has 0 saturated carbocycles. The van der Waals surface area contributed by atoms with Gasteiger partial charge in [0.1, 0.15) is 5.82 Å². The van der Waals surface area contributed by atoms with E-state index >= 15 is 0 Å². The van der Waals surface area contributed by atoms with Gasteiger partial charge in [0.15, 0.2) is 0 Å². The van der Waals surface area contributed by atoms with E-state index < -0.39 is 17.6 Å². The zero-order valence-corrected chi connectivity index (χ0v) is 6.58. The normalized spacial score (nSPS) is 9.31. The minimum Gasteiger partial charge on any atom is -0.361 e. The number of halogens is 1. The first-order chi connectivity index (χ1) is 6.11. The minimum atomic E-state index is -1.15. The molecule has 1 aromatic rings. The molecule has 13 heavy (non-hydrogen) atoms. The summed E-state index contributed by atoms with van der Waals surface area (Å²) in [4.78, 5) is 21.0. The monoisotopic (exact) mass is 182 g/mol. The van der Waals surface area contributed by atoms with Gasteiger partial charge in [-0.05, 0) is 12.1 Å². The third-order valence-corrected chi connectivity index (χ3v) is 1.35. The van der Waals surface area contributed by atoms with Crippen LogP contribution in [-0.2, 0) is 9.59 Å². The Hall–Kier alpha value is -1.91. The number of carbonyl (C=O) groups excluding carboxylic acids is 2. The fraction of sp³-hybridized carbons (Fsp3) is 0. The number of primary amides is 1. The van der Waals surface area contributed by atoms with E-state index in [9.17, 15) is 14.0 Å². The van der Waals surface area contributed by atoms with Crippen molar-refractivity contribution in [3.8, 4) is 0 Å². The van der Waals surface area contributed by atoms with E-state index in [1.807, 2.05) is 5.32 Å². The number of hydrogen-bond acceptors (Lipinski definition) is 2. The van der Waals surface area contributed by atoms with Gasteiger partial charge in [0.25, 0.3) is 0 Å². The van der Waals surface area contributed by atoms with Crippen LogP contribution in [0.1, 0.15) is 0 Å². The summed E-state index contributed by atoms with van der Waals surface area (Å²) in [5, 5.41) is 2.02. The highest BCUT2D eigenvalue weighted by atomic mass is 19.1. The van der Waals surface area contributed by atoms with Crippen LogP contribution in [0.2, 0.25) is 0 Å². The zero-order chi connectivity index (χ0) is 9.84. The third kappa shape index (κ3) is 2.26. The number of para-hydroxylation sites is 1. The summed E-state index contributed by atoms with van der Waals surface area (Å²) < 4.78 is 12.8. The number of hydrogen-bond donors (Lipinski definition) is 2. The first-order valence-corrected chi connectivity index (χ1v) is 3.46. The molecule has 0 fully saturated rings. The molecule has 0 aromatic heterocycles. The molecule has 1 aromatic carbocycles. The first kappa shape index (κ1) is 9.18. The number of rotatable bonds is 1. The highest BCUT2D eigenvalue weighted by molar-refractivity contribution is 6.39. The Labute approximate surface area is 73.5 Å². The van der Waals surface area contributed by atoms with Crippen LogP contribution < -0.4 is 11.1 Å². The molecular weight excluding hydrogens is 175 g/mol. The minimum absolute atomic E-state index is 0.0636. The average Bonchev–Trinajstić information content (AvgIpc) is 2.08. The topological polar surface area (TPSA) is 72.2 Å². The van der Waals surface area contributed by atoms with E-state index in [0.717, 1.165) is 6.07 Å². The lowest BCUT2D eigenvalue weighted by Crippen LogP contribution is -2.29. The van der Waals surface area contributed by atoms with Gasteiger partial charge in [0, 0.05) is 0 Å². The zero-order valence-electron chi connectivity index (χ0n) is 6.58. The van der Waals surface area contributed by atoms with Gasteiger partial charge in [0.2, 0.25) is 0 Å².